The number of ether oxygens (including phenoxy) is 1. The van der Waals surface area contributed by atoms with Gasteiger partial charge in [0, 0.05) is 6.54 Å². The highest BCUT2D eigenvalue weighted by Crippen LogP contribution is 2.27. The molecule has 1 aromatic rings. The zero-order valence-electron chi connectivity index (χ0n) is 8.42. The lowest BCUT2D eigenvalue weighted by atomic mass is 9.90. The Labute approximate surface area is 84.3 Å². The van der Waals surface area contributed by atoms with Gasteiger partial charge in [-0.15, -0.1) is 0 Å². The Morgan fingerprint density at radius 1 is 1.50 bits per heavy atom. The van der Waals surface area contributed by atoms with E-state index in [2.05, 4.69) is 11.4 Å². The number of hydrogen-bond acceptors (Lipinski definition) is 3. The van der Waals surface area contributed by atoms with Crippen LogP contribution < -0.4 is 15.8 Å². The van der Waals surface area contributed by atoms with E-state index in [4.69, 9.17) is 10.5 Å². The summed E-state index contributed by atoms with van der Waals surface area (Å²) in [5.74, 6) is 0.874. The Hall–Kier alpha value is -1.06. The SMILES string of the molecule is COc1cccc(C2(N)CCNC2)c1. The molecule has 2 rings (SSSR count). The molecule has 3 nitrogen and oxygen atoms in total. The van der Waals surface area contributed by atoms with Crippen LogP contribution in [0.15, 0.2) is 24.3 Å². The van der Waals surface area contributed by atoms with Gasteiger partial charge in [0.1, 0.15) is 5.75 Å². The van der Waals surface area contributed by atoms with Crippen molar-refractivity contribution < 1.29 is 4.74 Å². The summed E-state index contributed by atoms with van der Waals surface area (Å²) in [6.07, 6.45) is 0.986. The Bertz CT molecular complexity index is 319. The van der Waals surface area contributed by atoms with Crippen LogP contribution in [-0.4, -0.2) is 20.2 Å². The van der Waals surface area contributed by atoms with Crippen LogP contribution in [0.1, 0.15) is 12.0 Å². The largest absolute Gasteiger partial charge is 0.497 e. The van der Waals surface area contributed by atoms with Crippen molar-refractivity contribution in [1.29, 1.82) is 0 Å². The van der Waals surface area contributed by atoms with Gasteiger partial charge in [0.25, 0.3) is 0 Å². The third kappa shape index (κ3) is 1.61. The predicted molar refractivity (Wildman–Crippen MR) is 56.3 cm³/mol. The van der Waals surface area contributed by atoms with Gasteiger partial charge in [0.15, 0.2) is 0 Å². The molecule has 1 heterocycles. The second-order valence-corrected chi connectivity index (χ2v) is 3.81. The summed E-state index contributed by atoms with van der Waals surface area (Å²) >= 11 is 0. The molecule has 1 aliphatic rings. The van der Waals surface area contributed by atoms with Gasteiger partial charge in [-0.3, -0.25) is 0 Å². The Morgan fingerprint density at radius 2 is 2.36 bits per heavy atom. The van der Waals surface area contributed by atoms with Gasteiger partial charge >= 0.3 is 0 Å². The van der Waals surface area contributed by atoms with Gasteiger partial charge in [-0.2, -0.15) is 0 Å². The maximum Gasteiger partial charge on any atom is 0.119 e. The van der Waals surface area contributed by atoms with E-state index in [0.717, 1.165) is 30.8 Å². The van der Waals surface area contributed by atoms with Crippen molar-refractivity contribution in [3.8, 4) is 5.75 Å². The molecule has 1 aliphatic heterocycles. The lowest BCUT2D eigenvalue weighted by Gasteiger charge is -2.23. The molecule has 0 bridgehead atoms. The zero-order chi connectivity index (χ0) is 10.0. The predicted octanol–water partition coefficient (Wildman–Crippen LogP) is 0.843. The van der Waals surface area contributed by atoms with E-state index in [1.807, 2.05) is 18.2 Å². The van der Waals surface area contributed by atoms with Crippen molar-refractivity contribution in [3.05, 3.63) is 29.8 Å². The molecule has 14 heavy (non-hydrogen) atoms. The first kappa shape index (κ1) is 9.49. The first-order valence-electron chi connectivity index (χ1n) is 4.89. The van der Waals surface area contributed by atoms with Crippen LogP contribution in [0.25, 0.3) is 0 Å². The Morgan fingerprint density at radius 3 is 3.00 bits per heavy atom. The number of hydrogen-bond donors (Lipinski definition) is 2. The smallest absolute Gasteiger partial charge is 0.119 e. The van der Waals surface area contributed by atoms with Gasteiger partial charge in [-0.05, 0) is 30.7 Å². The highest BCUT2D eigenvalue weighted by atomic mass is 16.5. The molecule has 0 amide bonds. The molecular weight excluding hydrogens is 176 g/mol. The second kappa shape index (κ2) is 3.59. The van der Waals surface area contributed by atoms with E-state index in [1.54, 1.807) is 7.11 Å². The van der Waals surface area contributed by atoms with Gasteiger partial charge in [0.2, 0.25) is 0 Å². The average Bonchev–Trinajstić information content (AvgIpc) is 2.67. The minimum atomic E-state index is -0.214. The molecule has 1 fully saturated rings. The van der Waals surface area contributed by atoms with Crippen LogP contribution in [0.2, 0.25) is 0 Å². The van der Waals surface area contributed by atoms with Crippen LogP contribution in [0.5, 0.6) is 5.75 Å². The molecule has 3 heteroatoms. The molecule has 1 atom stereocenters. The molecule has 0 radical (unpaired) electrons. The lowest BCUT2D eigenvalue weighted by molar-refractivity contribution is 0.410. The molecule has 3 N–H and O–H groups in total. The van der Waals surface area contributed by atoms with E-state index in [1.165, 1.54) is 0 Å². The monoisotopic (exact) mass is 192 g/mol. The maximum absolute atomic E-state index is 6.29. The van der Waals surface area contributed by atoms with Crippen molar-refractivity contribution in [3.63, 3.8) is 0 Å². The van der Waals surface area contributed by atoms with Crippen LogP contribution >= 0.6 is 0 Å². The molecule has 0 spiro atoms. The fraction of sp³-hybridized carbons (Fsp3) is 0.455. The van der Waals surface area contributed by atoms with E-state index in [0.29, 0.717) is 0 Å². The second-order valence-electron chi connectivity index (χ2n) is 3.81. The summed E-state index contributed by atoms with van der Waals surface area (Å²) < 4.78 is 5.18. The van der Waals surface area contributed by atoms with Gasteiger partial charge in [-0.1, -0.05) is 12.1 Å². The van der Waals surface area contributed by atoms with Crippen LogP contribution in [0.3, 0.4) is 0 Å². The summed E-state index contributed by atoms with van der Waals surface area (Å²) in [5, 5.41) is 3.28. The Balaban J connectivity index is 2.30. The Kier molecular flexibility index (Phi) is 2.44. The maximum atomic E-state index is 6.29. The average molecular weight is 192 g/mol. The molecule has 0 aromatic heterocycles. The molecule has 0 saturated carbocycles. The van der Waals surface area contributed by atoms with Crippen LogP contribution in [0.4, 0.5) is 0 Å². The number of nitrogens with two attached hydrogens (primary N) is 1. The standard InChI is InChI=1S/C11H16N2O/c1-14-10-4-2-3-9(7-10)11(12)5-6-13-8-11/h2-4,7,13H,5-6,8,12H2,1H3. The number of rotatable bonds is 2. The van der Waals surface area contributed by atoms with Crippen molar-refractivity contribution in [2.24, 2.45) is 5.73 Å². The number of methoxy groups -OCH3 is 1. The summed E-state index contributed by atoms with van der Waals surface area (Å²) in [6, 6.07) is 8.01. The molecule has 0 aliphatic carbocycles. The normalized spacial score (nSPS) is 26.4. The quantitative estimate of drug-likeness (QED) is 0.730. The van der Waals surface area contributed by atoms with E-state index in [-0.39, 0.29) is 5.54 Å². The van der Waals surface area contributed by atoms with E-state index >= 15 is 0 Å². The minimum Gasteiger partial charge on any atom is -0.497 e. The molecular formula is C11H16N2O. The van der Waals surface area contributed by atoms with Crippen molar-refractivity contribution in [2.75, 3.05) is 20.2 Å². The fourth-order valence-corrected chi connectivity index (χ4v) is 1.89. The van der Waals surface area contributed by atoms with Crippen molar-refractivity contribution in [2.45, 2.75) is 12.0 Å². The third-order valence-corrected chi connectivity index (χ3v) is 2.83. The zero-order valence-corrected chi connectivity index (χ0v) is 8.42. The highest BCUT2D eigenvalue weighted by Gasteiger charge is 2.31. The van der Waals surface area contributed by atoms with E-state index < -0.39 is 0 Å². The topological polar surface area (TPSA) is 47.3 Å². The van der Waals surface area contributed by atoms with Crippen LogP contribution in [0, 0.1) is 0 Å². The molecule has 1 aromatic carbocycles. The highest BCUT2D eigenvalue weighted by molar-refractivity contribution is 5.34. The first-order chi connectivity index (χ1) is 6.74. The summed E-state index contributed by atoms with van der Waals surface area (Å²) in [6.45, 7) is 1.84. The van der Waals surface area contributed by atoms with Gasteiger partial charge in [0.05, 0.1) is 12.6 Å². The molecule has 1 saturated heterocycles. The summed E-state index contributed by atoms with van der Waals surface area (Å²) in [7, 11) is 1.68. The van der Waals surface area contributed by atoms with Crippen molar-refractivity contribution in [1.82, 2.24) is 5.32 Å². The number of nitrogens with one attached hydrogen (secondary N) is 1. The summed E-state index contributed by atoms with van der Waals surface area (Å²) in [4.78, 5) is 0. The number of benzene rings is 1. The third-order valence-electron chi connectivity index (χ3n) is 2.83. The van der Waals surface area contributed by atoms with Crippen molar-refractivity contribution >= 4 is 0 Å². The van der Waals surface area contributed by atoms with Gasteiger partial charge in [-0.25, -0.2) is 0 Å². The minimum absolute atomic E-state index is 0.214. The lowest BCUT2D eigenvalue weighted by Crippen LogP contribution is -2.38. The van der Waals surface area contributed by atoms with Crippen LogP contribution in [-0.2, 0) is 5.54 Å². The molecule has 1 unspecified atom stereocenters. The first-order valence-corrected chi connectivity index (χ1v) is 4.89. The fourth-order valence-electron chi connectivity index (χ4n) is 1.89. The molecule has 76 valence electrons. The summed E-state index contributed by atoms with van der Waals surface area (Å²) in [5.41, 5.74) is 7.23. The van der Waals surface area contributed by atoms with Gasteiger partial charge < -0.3 is 15.8 Å². The van der Waals surface area contributed by atoms with E-state index in [9.17, 15) is 0 Å².